The maximum Gasteiger partial charge on any atom is 0.243 e. The van der Waals surface area contributed by atoms with Crippen LogP contribution in [0.25, 0.3) is 0 Å². The number of hydrogen-bond acceptors (Lipinski definition) is 3. The summed E-state index contributed by atoms with van der Waals surface area (Å²) in [4.78, 5) is 0.390. The lowest BCUT2D eigenvalue weighted by molar-refractivity contribution is 0.464. The van der Waals surface area contributed by atoms with Crippen LogP contribution in [0, 0.1) is 0 Å². The Kier molecular flexibility index (Phi) is 4.60. The van der Waals surface area contributed by atoms with E-state index < -0.39 is 10.0 Å². The van der Waals surface area contributed by atoms with Crippen molar-refractivity contribution in [2.45, 2.75) is 43.7 Å². The summed E-state index contributed by atoms with van der Waals surface area (Å²) in [5.74, 6) is 0. The van der Waals surface area contributed by atoms with Crippen LogP contribution in [0.5, 0.6) is 0 Å². The van der Waals surface area contributed by atoms with Gasteiger partial charge in [-0.2, -0.15) is 4.31 Å². The fraction of sp³-hybridized carbons (Fsp3) is 0.571. The fourth-order valence-electron chi connectivity index (χ4n) is 1.99. The summed E-state index contributed by atoms with van der Waals surface area (Å²) in [6.07, 6.45) is 3.06. The molecular weight excluding hydrogens is 260 g/mol. The Hall–Kier alpha value is -0.910. The molecule has 19 heavy (non-hydrogen) atoms. The fourth-order valence-corrected chi connectivity index (χ4v) is 3.41. The minimum absolute atomic E-state index is 0.205. The summed E-state index contributed by atoms with van der Waals surface area (Å²) in [7, 11) is -1.63. The molecule has 1 N–H and O–H groups in total. The zero-order valence-electron chi connectivity index (χ0n) is 11.6. The first-order valence-corrected chi connectivity index (χ1v) is 8.27. The normalized spacial score (nSPS) is 15.9. The lowest BCUT2D eigenvalue weighted by Gasteiger charge is -2.16. The predicted molar refractivity (Wildman–Crippen MR) is 76.4 cm³/mol. The van der Waals surface area contributed by atoms with Gasteiger partial charge in [-0.15, -0.1) is 0 Å². The molecule has 0 unspecified atom stereocenters. The SMILES string of the molecule is CCCNCc1ccc(S(=O)(=O)N(C)C2CC2)cc1. The van der Waals surface area contributed by atoms with E-state index in [-0.39, 0.29) is 6.04 Å². The smallest absolute Gasteiger partial charge is 0.243 e. The van der Waals surface area contributed by atoms with Crippen LogP contribution in [-0.2, 0) is 16.6 Å². The van der Waals surface area contributed by atoms with Crippen LogP contribution in [0.15, 0.2) is 29.2 Å². The minimum atomic E-state index is -3.30. The molecule has 0 bridgehead atoms. The third-order valence-corrected chi connectivity index (χ3v) is 5.34. The third kappa shape index (κ3) is 3.55. The lowest BCUT2D eigenvalue weighted by atomic mass is 10.2. The van der Waals surface area contributed by atoms with Crippen molar-refractivity contribution in [3.63, 3.8) is 0 Å². The molecule has 0 atom stereocenters. The topological polar surface area (TPSA) is 49.4 Å². The van der Waals surface area contributed by atoms with Crippen LogP contribution in [-0.4, -0.2) is 32.4 Å². The van der Waals surface area contributed by atoms with Gasteiger partial charge in [0.2, 0.25) is 10.0 Å². The summed E-state index contributed by atoms with van der Waals surface area (Å²) >= 11 is 0. The van der Waals surface area contributed by atoms with Crippen LogP contribution in [0.2, 0.25) is 0 Å². The van der Waals surface area contributed by atoms with E-state index in [9.17, 15) is 8.42 Å². The average Bonchev–Trinajstić information content (AvgIpc) is 3.23. The number of nitrogens with one attached hydrogen (secondary N) is 1. The van der Waals surface area contributed by atoms with Gasteiger partial charge in [0.1, 0.15) is 0 Å². The zero-order valence-corrected chi connectivity index (χ0v) is 12.4. The van der Waals surface area contributed by atoms with Gasteiger partial charge < -0.3 is 5.32 Å². The summed E-state index contributed by atoms with van der Waals surface area (Å²) in [6, 6.07) is 7.39. The van der Waals surface area contributed by atoms with Crippen molar-refractivity contribution < 1.29 is 8.42 Å². The Morgan fingerprint density at radius 2 is 1.89 bits per heavy atom. The van der Waals surface area contributed by atoms with E-state index in [0.29, 0.717) is 4.90 Å². The molecule has 0 spiro atoms. The first kappa shape index (κ1) is 14.5. The number of benzene rings is 1. The summed E-state index contributed by atoms with van der Waals surface area (Å²) < 4.78 is 26.1. The highest BCUT2D eigenvalue weighted by atomic mass is 32.2. The quantitative estimate of drug-likeness (QED) is 0.778. The van der Waals surface area contributed by atoms with E-state index in [2.05, 4.69) is 12.2 Å². The second-order valence-electron chi connectivity index (χ2n) is 5.07. The van der Waals surface area contributed by atoms with Crippen LogP contribution in [0.3, 0.4) is 0 Å². The minimum Gasteiger partial charge on any atom is -0.313 e. The Balaban J connectivity index is 2.04. The van der Waals surface area contributed by atoms with Gasteiger partial charge in [-0.1, -0.05) is 19.1 Å². The van der Waals surface area contributed by atoms with Crippen molar-refractivity contribution in [3.8, 4) is 0 Å². The van der Waals surface area contributed by atoms with Crippen molar-refractivity contribution in [2.24, 2.45) is 0 Å². The van der Waals surface area contributed by atoms with Crippen molar-refractivity contribution in [3.05, 3.63) is 29.8 Å². The van der Waals surface area contributed by atoms with Crippen molar-refractivity contribution in [2.75, 3.05) is 13.6 Å². The zero-order chi connectivity index (χ0) is 13.9. The van der Waals surface area contributed by atoms with Crippen LogP contribution >= 0.6 is 0 Å². The van der Waals surface area contributed by atoms with Gasteiger partial charge in [0.15, 0.2) is 0 Å². The van der Waals surface area contributed by atoms with E-state index >= 15 is 0 Å². The molecule has 0 heterocycles. The third-order valence-electron chi connectivity index (χ3n) is 3.42. The molecule has 2 rings (SSSR count). The van der Waals surface area contributed by atoms with E-state index in [1.807, 2.05) is 12.1 Å². The molecule has 1 aromatic carbocycles. The van der Waals surface area contributed by atoms with E-state index in [1.165, 1.54) is 4.31 Å². The Morgan fingerprint density at radius 1 is 1.26 bits per heavy atom. The molecule has 4 nitrogen and oxygen atoms in total. The van der Waals surface area contributed by atoms with Gasteiger partial charge in [0.25, 0.3) is 0 Å². The standard InChI is InChI=1S/C14H22N2O2S/c1-3-10-15-11-12-4-8-14(9-5-12)19(17,18)16(2)13-6-7-13/h4-5,8-9,13,15H,3,6-7,10-11H2,1-2H3. The number of nitrogens with zero attached hydrogens (tertiary/aromatic N) is 1. The second kappa shape index (κ2) is 6.03. The number of rotatable bonds is 7. The monoisotopic (exact) mass is 282 g/mol. The van der Waals surface area contributed by atoms with Gasteiger partial charge in [0, 0.05) is 19.6 Å². The molecule has 5 heteroatoms. The van der Waals surface area contributed by atoms with E-state index in [0.717, 1.165) is 37.9 Å². The van der Waals surface area contributed by atoms with Gasteiger partial charge in [-0.25, -0.2) is 8.42 Å². The van der Waals surface area contributed by atoms with Gasteiger partial charge >= 0.3 is 0 Å². The molecule has 0 radical (unpaired) electrons. The van der Waals surface area contributed by atoms with Gasteiger partial charge in [-0.3, -0.25) is 0 Å². The largest absolute Gasteiger partial charge is 0.313 e. The lowest BCUT2D eigenvalue weighted by Crippen LogP contribution is -2.28. The highest BCUT2D eigenvalue weighted by Crippen LogP contribution is 2.30. The second-order valence-corrected chi connectivity index (χ2v) is 7.07. The van der Waals surface area contributed by atoms with E-state index in [4.69, 9.17) is 0 Å². The Morgan fingerprint density at radius 3 is 2.42 bits per heavy atom. The van der Waals surface area contributed by atoms with Crippen molar-refractivity contribution >= 4 is 10.0 Å². The highest BCUT2D eigenvalue weighted by Gasteiger charge is 2.34. The van der Waals surface area contributed by atoms with Gasteiger partial charge in [-0.05, 0) is 43.5 Å². The summed E-state index contributed by atoms with van der Waals surface area (Å²) in [5, 5.41) is 3.30. The average molecular weight is 282 g/mol. The maximum absolute atomic E-state index is 12.3. The summed E-state index contributed by atoms with van der Waals surface area (Å²) in [6.45, 7) is 3.88. The molecule has 0 aliphatic heterocycles. The van der Waals surface area contributed by atoms with Crippen LogP contribution < -0.4 is 5.32 Å². The van der Waals surface area contributed by atoms with Crippen molar-refractivity contribution in [1.82, 2.24) is 9.62 Å². The molecule has 1 aliphatic rings. The first-order chi connectivity index (χ1) is 9.05. The maximum atomic E-state index is 12.3. The van der Waals surface area contributed by atoms with Crippen LogP contribution in [0.1, 0.15) is 31.7 Å². The van der Waals surface area contributed by atoms with Crippen molar-refractivity contribution in [1.29, 1.82) is 0 Å². The molecule has 1 aliphatic carbocycles. The first-order valence-electron chi connectivity index (χ1n) is 6.83. The molecule has 1 aromatic rings. The number of sulfonamides is 1. The predicted octanol–water partition coefficient (Wildman–Crippen LogP) is 1.97. The molecule has 1 fully saturated rings. The summed E-state index contributed by atoms with van der Waals surface area (Å²) in [5.41, 5.74) is 1.11. The Labute approximate surface area is 115 Å². The highest BCUT2D eigenvalue weighted by molar-refractivity contribution is 7.89. The molecule has 106 valence electrons. The molecular formula is C14H22N2O2S. The molecule has 0 aromatic heterocycles. The molecule has 1 saturated carbocycles. The molecule has 0 amide bonds. The van der Waals surface area contributed by atoms with Gasteiger partial charge in [0.05, 0.1) is 4.90 Å². The Bertz CT molecular complexity index is 507. The number of hydrogen-bond donors (Lipinski definition) is 1. The molecule has 0 saturated heterocycles. The van der Waals surface area contributed by atoms with Crippen LogP contribution in [0.4, 0.5) is 0 Å². The van der Waals surface area contributed by atoms with E-state index in [1.54, 1.807) is 19.2 Å².